The molecule has 1 fully saturated rings. The van der Waals surface area contributed by atoms with Crippen LogP contribution < -0.4 is 4.74 Å². The van der Waals surface area contributed by atoms with Gasteiger partial charge in [0.05, 0.1) is 0 Å². The first-order valence-electron chi connectivity index (χ1n) is 9.17. The molecular formula is C22H22N2O3S. The number of pyridine rings is 1. The van der Waals surface area contributed by atoms with Crippen molar-refractivity contribution in [2.24, 2.45) is 0 Å². The molecular weight excluding hydrogens is 372 g/mol. The number of benzene rings is 2. The number of likely N-dealkylation sites (tertiary alicyclic amines) is 1. The van der Waals surface area contributed by atoms with Gasteiger partial charge in [-0.2, -0.15) is 0 Å². The van der Waals surface area contributed by atoms with Gasteiger partial charge in [-0.1, -0.05) is 42.5 Å². The van der Waals surface area contributed by atoms with E-state index in [1.165, 1.54) is 11.6 Å². The maximum absolute atomic E-state index is 11.5. The third-order valence-electron chi connectivity index (χ3n) is 4.78. The van der Waals surface area contributed by atoms with Crippen LogP contribution in [-0.2, 0) is 16.4 Å². The molecule has 0 spiro atoms. The Labute approximate surface area is 165 Å². The van der Waals surface area contributed by atoms with E-state index in [0.29, 0.717) is 0 Å². The minimum Gasteiger partial charge on any atom is -0.488 e. The lowest BCUT2D eigenvalue weighted by molar-refractivity contribution is 0.0146. The van der Waals surface area contributed by atoms with Crippen molar-refractivity contribution in [3.05, 3.63) is 78.5 Å². The van der Waals surface area contributed by atoms with Gasteiger partial charge in [-0.25, -0.2) is 13.4 Å². The van der Waals surface area contributed by atoms with Crippen molar-refractivity contribution < 1.29 is 13.2 Å². The highest BCUT2D eigenvalue weighted by atomic mass is 32.2. The summed E-state index contributed by atoms with van der Waals surface area (Å²) in [4.78, 5) is 6.40. The van der Waals surface area contributed by atoms with Crippen molar-refractivity contribution >= 4 is 9.84 Å². The Morgan fingerprint density at radius 3 is 2.25 bits per heavy atom. The molecule has 0 unspecified atom stereocenters. The molecule has 4 rings (SSSR count). The molecule has 28 heavy (non-hydrogen) atoms. The van der Waals surface area contributed by atoms with E-state index >= 15 is 0 Å². The van der Waals surface area contributed by atoms with Crippen LogP contribution in [0.1, 0.15) is 5.56 Å². The van der Waals surface area contributed by atoms with Gasteiger partial charge in [0.15, 0.2) is 14.9 Å². The fraction of sp³-hybridized carbons (Fsp3) is 0.227. The fourth-order valence-corrected chi connectivity index (χ4v) is 3.82. The normalized spacial score (nSPS) is 15.2. The van der Waals surface area contributed by atoms with Crippen molar-refractivity contribution in [1.82, 2.24) is 9.88 Å². The number of ether oxygens (including phenoxy) is 1. The van der Waals surface area contributed by atoms with Crippen LogP contribution in [-0.4, -0.2) is 43.8 Å². The molecule has 0 N–H and O–H groups in total. The van der Waals surface area contributed by atoms with Crippen molar-refractivity contribution in [2.75, 3.05) is 19.3 Å². The Bertz CT molecular complexity index is 1030. The van der Waals surface area contributed by atoms with E-state index in [4.69, 9.17) is 4.74 Å². The molecule has 1 aromatic heterocycles. The Morgan fingerprint density at radius 1 is 0.964 bits per heavy atom. The zero-order valence-electron chi connectivity index (χ0n) is 15.7. The molecule has 2 aromatic carbocycles. The van der Waals surface area contributed by atoms with Gasteiger partial charge in [-0.3, -0.25) is 4.90 Å². The number of nitrogens with zero attached hydrogens (tertiary/aromatic N) is 2. The number of aromatic nitrogens is 1. The Kier molecular flexibility index (Phi) is 5.15. The lowest BCUT2D eigenvalue weighted by Gasteiger charge is -2.39. The minimum absolute atomic E-state index is 0.0845. The average molecular weight is 394 g/mol. The summed E-state index contributed by atoms with van der Waals surface area (Å²) in [5, 5.41) is 0.0845. The van der Waals surface area contributed by atoms with E-state index in [9.17, 15) is 8.42 Å². The summed E-state index contributed by atoms with van der Waals surface area (Å²) in [6.07, 6.45) is 2.95. The van der Waals surface area contributed by atoms with Gasteiger partial charge < -0.3 is 4.74 Å². The molecule has 0 saturated carbocycles. The molecule has 1 saturated heterocycles. The van der Waals surface area contributed by atoms with Gasteiger partial charge in [-0.15, -0.1) is 0 Å². The zero-order chi connectivity index (χ0) is 19.6. The van der Waals surface area contributed by atoms with Crippen LogP contribution in [0.3, 0.4) is 0 Å². The van der Waals surface area contributed by atoms with E-state index in [1.807, 2.05) is 30.3 Å². The summed E-state index contributed by atoms with van der Waals surface area (Å²) in [7, 11) is -3.28. The fourth-order valence-electron chi connectivity index (χ4n) is 3.26. The molecule has 1 aliphatic rings. The molecule has 0 bridgehead atoms. The molecule has 144 valence electrons. The van der Waals surface area contributed by atoms with Gasteiger partial charge in [0, 0.05) is 37.7 Å². The van der Waals surface area contributed by atoms with E-state index in [1.54, 1.807) is 12.3 Å². The van der Waals surface area contributed by atoms with E-state index in [2.05, 4.69) is 34.1 Å². The summed E-state index contributed by atoms with van der Waals surface area (Å²) >= 11 is 0. The first-order valence-corrected chi connectivity index (χ1v) is 11.1. The van der Waals surface area contributed by atoms with E-state index in [-0.39, 0.29) is 11.1 Å². The zero-order valence-corrected chi connectivity index (χ0v) is 16.5. The molecule has 6 heteroatoms. The molecule has 0 amide bonds. The maximum Gasteiger partial charge on any atom is 0.192 e. The van der Waals surface area contributed by atoms with Crippen LogP contribution in [0.15, 0.2) is 78.0 Å². The standard InChI is InChI=1S/C22H22N2O3S/c1-28(25,26)22-12-9-19(13-23-22)18-7-10-20(11-8-18)27-21-15-24(16-21)14-17-5-3-2-4-6-17/h2-13,21H,14-16H2,1H3. The monoisotopic (exact) mass is 394 g/mol. The third kappa shape index (κ3) is 4.40. The maximum atomic E-state index is 11.5. The quantitative estimate of drug-likeness (QED) is 0.641. The van der Waals surface area contributed by atoms with Crippen molar-refractivity contribution in [2.45, 2.75) is 17.7 Å². The Morgan fingerprint density at radius 2 is 1.64 bits per heavy atom. The van der Waals surface area contributed by atoms with Gasteiger partial charge >= 0.3 is 0 Å². The third-order valence-corrected chi connectivity index (χ3v) is 5.78. The second kappa shape index (κ2) is 7.73. The van der Waals surface area contributed by atoms with Crippen molar-refractivity contribution in [3.8, 4) is 16.9 Å². The van der Waals surface area contributed by atoms with Gasteiger partial charge in [-0.05, 0) is 35.4 Å². The number of hydrogen-bond acceptors (Lipinski definition) is 5. The second-order valence-electron chi connectivity index (χ2n) is 7.10. The van der Waals surface area contributed by atoms with Gasteiger partial charge in [0.2, 0.25) is 0 Å². The summed E-state index contributed by atoms with van der Waals surface area (Å²) in [6, 6.07) is 21.6. The highest BCUT2D eigenvalue weighted by Crippen LogP contribution is 2.25. The number of sulfone groups is 1. The van der Waals surface area contributed by atoms with Crippen LogP contribution in [0.2, 0.25) is 0 Å². The largest absolute Gasteiger partial charge is 0.488 e. The molecule has 3 aromatic rings. The first kappa shape index (κ1) is 18.7. The highest BCUT2D eigenvalue weighted by molar-refractivity contribution is 7.90. The van der Waals surface area contributed by atoms with Crippen LogP contribution >= 0.6 is 0 Å². The predicted molar refractivity (Wildman–Crippen MR) is 109 cm³/mol. The topological polar surface area (TPSA) is 59.5 Å². The van der Waals surface area contributed by atoms with Gasteiger partial charge in [0.25, 0.3) is 0 Å². The number of hydrogen-bond donors (Lipinski definition) is 0. The summed E-state index contributed by atoms with van der Waals surface area (Å²) in [6.45, 7) is 2.80. The second-order valence-corrected chi connectivity index (χ2v) is 9.06. The number of rotatable bonds is 6. The molecule has 1 aliphatic heterocycles. The molecule has 5 nitrogen and oxygen atoms in total. The van der Waals surface area contributed by atoms with Crippen molar-refractivity contribution in [3.63, 3.8) is 0 Å². The predicted octanol–water partition coefficient (Wildman–Crippen LogP) is 3.42. The van der Waals surface area contributed by atoms with Crippen LogP contribution in [0, 0.1) is 0 Å². The first-order chi connectivity index (χ1) is 13.5. The lowest BCUT2D eigenvalue weighted by atomic mass is 10.1. The lowest BCUT2D eigenvalue weighted by Crippen LogP contribution is -2.53. The van der Waals surface area contributed by atoms with E-state index in [0.717, 1.165) is 42.8 Å². The van der Waals surface area contributed by atoms with Crippen molar-refractivity contribution in [1.29, 1.82) is 0 Å². The van der Waals surface area contributed by atoms with Crippen LogP contribution in [0.5, 0.6) is 5.75 Å². The minimum atomic E-state index is -3.28. The smallest absolute Gasteiger partial charge is 0.192 e. The Balaban J connectivity index is 1.32. The van der Waals surface area contributed by atoms with Gasteiger partial charge in [0.1, 0.15) is 11.9 Å². The Hall–Kier alpha value is -2.70. The molecule has 0 radical (unpaired) electrons. The molecule has 0 aliphatic carbocycles. The highest BCUT2D eigenvalue weighted by Gasteiger charge is 2.28. The SMILES string of the molecule is CS(=O)(=O)c1ccc(-c2ccc(OC3CN(Cc4ccccc4)C3)cc2)cn1. The summed E-state index contributed by atoms with van der Waals surface area (Å²) < 4.78 is 29.0. The van der Waals surface area contributed by atoms with Crippen LogP contribution in [0.25, 0.3) is 11.1 Å². The summed E-state index contributed by atoms with van der Waals surface area (Å²) in [5.41, 5.74) is 3.16. The average Bonchev–Trinajstić information content (AvgIpc) is 2.67. The van der Waals surface area contributed by atoms with Crippen LogP contribution in [0.4, 0.5) is 0 Å². The van der Waals surface area contributed by atoms with E-state index < -0.39 is 9.84 Å². The molecule has 2 heterocycles. The summed E-state index contributed by atoms with van der Waals surface area (Å²) in [5.74, 6) is 0.842. The molecule has 0 atom stereocenters.